The minimum absolute atomic E-state index is 0.532. The Labute approximate surface area is 191 Å². The average Bonchev–Trinajstić information content (AvgIpc) is 2.75. The molecule has 4 aromatic rings. The van der Waals surface area contributed by atoms with E-state index in [1.54, 1.807) is 6.07 Å². The van der Waals surface area contributed by atoms with Gasteiger partial charge in [-0.15, -0.1) is 0 Å². The molecule has 0 saturated carbocycles. The third-order valence-electron chi connectivity index (χ3n) is 4.59. The van der Waals surface area contributed by atoms with Crippen molar-refractivity contribution in [1.29, 1.82) is 0 Å². The first-order valence-corrected chi connectivity index (χ1v) is 11.2. The van der Waals surface area contributed by atoms with Gasteiger partial charge in [0.25, 0.3) is 0 Å². The van der Waals surface area contributed by atoms with Crippen molar-refractivity contribution in [2.45, 2.75) is 0 Å². The molecule has 0 bridgehead atoms. The van der Waals surface area contributed by atoms with Crippen molar-refractivity contribution in [3.05, 3.63) is 74.8 Å². The molecule has 0 amide bonds. The Morgan fingerprint density at radius 3 is 2.00 bits per heavy atom. The van der Waals surface area contributed by atoms with Gasteiger partial charge in [0.15, 0.2) is 0 Å². The number of fused-ring (bicyclic) bond motifs is 2. The topological polar surface area (TPSA) is 38.2 Å². The predicted octanol–water partition coefficient (Wildman–Crippen LogP) is 6.48. The Balaban J connectivity index is 0.000000150. The molecule has 1 saturated heterocycles. The van der Waals surface area contributed by atoms with E-state index in [9.17, 15) is 0 Å². The first-order chi connectivity index (χ1) is 14.1. The average molecular weight is 536 g/mol. The lowest BCUT2D eigenvalue weighted by Crippen LogP contribution is -2.36. The molecule has 1 aliphatic rings. The number of hydrogen-bond donors (Lipinski definition) is 0. The third kappa shape index (κ3) is 5.25. The fraction of sp³-hybridized carbons (Fsp3) is 0.182. The van der Waals surface area contributed by atoms with E-state index in [0.29, 0.717) is 5.15 Å². The molecule has 7 heteroatoms. The van der Waals surface area contributed by atoms with Crippen LogP contribution >= 0.6 is 43.5 Å². The van der Waals surface area contributed by atoms with Crippen LogP contribution in [0.2, 0.25) is 5.15 Å². The van der Waals surface area contributed by atoms with Crippen molar-refractivity contribution >= 4 is 71.1 Å². The summed E-state index contributed by atoms with van der Waals surface area (Å²) in [5, 5.41) is 2.79. The second kappa shape index (κ2) is 9.39. The van der Waals surface area contributed by atoms with Gasteiger partial charge in [-0.3, -0.25) is 0 Å². The van der Waals surface area contributed by atoms with Crippen LogP contribution in [0.25, 0.3) is 21.8 Å². The Hall–Kier alpha value is -1.73. The van der Waals surface area contributed by atoms with Gasteiger partial charge in [-0.1, -0.05) is 43.5 Å². The predicted molar refractivity (Wildman–Crippen MR) is 127 cm³/mol. The zero-order valence-corrected chi connectivity index (χ0v) is 19.4. The molecule has 148 valence electrons. The summed E-state index contributed by atoms with van der Waals surface area (Å²) in [6, 6.07) is 20.0. The van der Waals surface area contributed by atoms with Crippen LogP contribution in [0.15, 0.2) is 69.6 Å². The number of rotatable bonds is 1. The van der Waals surface area contributed by atoms with Crippen LogP contribution in [-0.4, -0.2) is 36.3 Å². The summed E-state index contributed by atoms with van der Waals surface area (Å²) in [6.45, 7) is 3.43. The molecule has 0 aliphatic carbocycles. The van der Waals surface area contributed by atoms with Gasteiger partial charge < -0.3 is 9.64 Å². The minimum atomic E-state index is 0.532. The number of nitrogens with zero attached hydrogens (tertiary/aromatic N) is 3. The fourth-order valence-electron chi connectivity index (χ4n) is 3.13. The van der Waals surface area contributed by atoms with Gasteiger partial charge >= 0.3 is 0 Å². The molecule has 0 radical (unpaired) electrons. The van der Waals surface area contributed by atoms with E-state index >= 15 is 0 Å². The van der Waals surface area contributed by atoms with E-state index in [1.165, 1.54) is 0 Å². The maximum atomic E-state index is 5.74. The lowest BCUT2D eigenvalue weighted by atomic mass is 10.2. The number of morpholine rings is 1. The molecule has 2 aromatic carbocycles. The van der Waals surface area contributed by atoms with Crippen molar-refractivity contribution in [2.24, 2.45) is 0 Å². The highest BCUT2D eigenvalue weighted by Crippen LogP contribution is 2.22. The maximum Gasteiger partial charge on any atom is 0.129 e. The molecule has 2 aromatic heterocycles. The van der Waals surface area contributed by atoms with E-state index in [1.807, 2.05) is 36.4 Å². The van der Waals surface area contributed by atoms with Crippen LogP contribution in [0.3, 0.4) is 0 Å². The Morgan fingerprint density at radius 1 is 0.759 bits per heavy atom. The molecule has 5 rings (SSSR count). The van der Waals surface area contributed by atoms with Gasteiger partial charge in [0, 0.05) is 32.8 Å². The molecule has 1 aliphatic heterocycles. The number of halogens is 3. The van der Waals surface area contributed by atoms with Crippen LogP contribution < -0.4 is 4.90 Å². The molecule has 0 unspecified atom stereocenters. The van der Waals surface area contributed by atoms with Crippen LogP contribution in [0, 0.1) is 0 Å². The van der Waals surface area contributed by atoms with Crippen molar-refractivity contribution in [2.75, 3.05) is 31.2 Å². The maximum absolute atomic E-state index is 5.74. The number of pyridine rings is 2. The Morgan fingerprint density at radius 2 is 1.34 bits per heavy atom. The monoisotopic (exact) mass is 533 g/mol. The van der Waals surface area contributed by atoms with Crippen molar-refractivity contribution in [1.82, 2.24) is 9.97 Å². The molecule has 3 heterocycles. The van der Waals surface area contributed by atoms with Crippen LogP contribution in [0.1, 0.15) is 0 Å². The largest absolute Gasteiger partial charge is 0.378 e. The van der Waals surface area contributed by atoms with Crippen molar-refractivity contribution in [3.8, 4) is 0 Å². The zero-order valence-electron chi connectivity index (χ0n) is 15.5. The summed E-state index contributed by atoms with van der Waals surface area (Å²) in [5.41, 5.74) is 1.96. The van der Waals surface area contributed by atoms with Gasteiger partial charge in [-0.05, 0) is 60.7 Å². The first kappa shape index (κ1) is 20.5. The summed E-state index contributed by atoms with van der Waals surface area (Å²) in [5.74, 6) is 1.04. The van der Waals surface area contributed by atoms with Crippen LogP contribution in [0.5, 0.6) is 0 Å². The molecule has 1 fully saturated rings. The van der Waals surface area contributed by atoms with Gasteiger partial charge in [-0.2, -0.15) is 0 Å². The number of hydrogen-bond acceptors (Lipinski definition) is 4. The zero-order chi connectivity index (χ0) is 20.2. The lowest BCUT2D eigenvalue weighted by molar-refractivity contribution is 0.122. The Kier molecular flexibility index (Phi) is 6.65. The fourth-order valence-corrected chi connectivity index (χ4v) is 4.04. The number of ether oxygens (including phenoxy) is 1. The molecule has 0 atom stereocenters. The van der Waals surface area contributed by atoms with E-state index in [0.717, 1.165) is 62.9 Å². The molecular weight excluding hydrogens is 518 g/mol. The van der Waals surface area contributed by atoms with E-state index < -0.39 is 0 Å². The van der Waals surface area contributed by atoms with Gasteiger partial charge in [-0.25, -0.2) is 9.97 Å². The highest BCUT2D eigenvalue weighted by Gasteiger charge is 2.12. The first-order valence-electron chi connectivity index (χ1n) is 9.19. The highest BCUT2D eigenvalue weighted by molar-refractivity contribution is 9.10. The summed E-state index contributed by atoms with van der Waals surface area (Å²) in [7, 11) is 0. The van der Waals surface area contributed by atoms with Gasteiger partial charge in [0.1, 0.15) is 11.0 Å². The molecule has 0 N–H and O–H groups in total. The Bertz CT molecular complexity index is 1110. The van der Waals surface area contributed by atoms with E-state index in [2.05, 4.69) is 64.9 Å². The van der Waals surface area contributed by atoms with Crippen molar-refractivity contribution in [3.63, 3.8) is 0 Å². The number of anilines is 1. The molecule has 4 nitrogen and oxygen atoms in total. The van der Waals surface area contributed by atoms with Crippen LogP contribution in [-0.2, 0) is 4.74 Å². The standard InChI is InChI=1S/C13H13BrN2O.C9H5BrClN/c14-11-2-3-12-10(9-11)1-4-13(15-12)16-5-7-17-8-6-16;10-7-2-3-8-6(5-7)1-4-9(11)12-8/h1-4,9H,5-8H2;1-5H. The summed E-state index contributed by atoms with van der Waals surface area (Å²) < 4.78 is 7.49. The lowest BCUT2D eigenvalue weighted by Gasteiger charge is -2.27. The SMILES string of the molecule is Brc1ccc2nc(N3CCOCC3)ccc2c1.Clc1ccc2cc(Br)ccc2n1. The second-order valence-corrected chi connectivity index (χ2v) is 8.80. The minimum Gasteiger partial charge on any atom is -0.378 e. The molecular formula is C22H18Br2ClN3O. The normalized spacial score (nSPS) is 14.0. The summed E-state index contributed by atoms with van der Waals surface area (Å²) in [4.78, 5) is 11.1. The molecule has 29 heavy (non-hydrogen) atoms. The highest BCUT2D eigenvalue weighted by atomic mass is 79.9. The van der Waals surface area contributed by atoms with Crippen LogP contribution in [0.4, 0.5) is 5.82 Å². The summed E-state index contributed by atoms with van der Waals surface area (Å²) in [6.07, 6.45) is 0. The smallest absolute Gasteiger partial charge is 0.129 e. The van der Waals surface area contributed by atoms with E-state index in [-0.39, 0.29) is 0 Å². The van der Waals surface area contributed by atoms with E-state index in [4.69, 9.17) is 16.3 Å². The number of benzene rings is 2. The third-order valence-corrected chi connectivity index (χ3v) is 5.79. The quantitative estimate of drug-likeness (QED) is 0.261. The second-order valence-electron chi connectivity index (χ2n) is 6.58. The van der Waals surface area contributed by atoms with Gasteiger partial charge in [0.2, 0.25) is 0 Å². The van der Waals surface area contributed by atoms with Crippen molar-refractivity contribution < 1.29 is 4.74 Å². The number of aromatic nitrogens is 2. The molecule has 0 spiro atoms. The van der Waals surface area contributed by atoms with Gasteiger partial charge in [0.05, 0.1) is 24.2 Å². The summed E-state index contributed by atoms with van der Waals surface area (Å²) >= 11 is 12.6.